The Morgan fingerprint density at radius 1 is 1.26 bits per heavy atom. The number of nitrogens with zero attached hydrogens (tertiary/aromatic N) is 3. The minimum absolute atomic E-state index is 0.0426. The third kappa shape index (κ3) is 4.72. The van der Waals surface area contributed by atoms with Crippen LogP contribution in [0.4, 0.5) is 5.69 Å². The molecule has 7 nitrogen and oxygen atoms in total. The standard InChI is InChI=1S/C19H20N4O3S/c1-12(2)17-19(27-15-8-5-7-14(11-15)23(25)26)22-18(21-17)16(24)10-13-6-3-4-9-20-13/h3-9,11-12,16,24H,10H2,1-2H3,(H,21,22). The number of nitro groups is 1. The number of pyridine rings is 1. The Balaban J connectivity index is 1.85. The Labute approximate surface area is 161 Å². The molecule has 0 spiro atoms. The first-order valence-electron chi connectivity index (χ1n) is 8.54. The Hall–Kier alpha value is -2.71. The number of rotatable bonds is 7. The molecule has 0 saturated carbocycles. The first kappa shape index (κ1) is 19.1. The zero-order valence-corrected chi connectivity index (χ0v) is 15.8. The Bertz CT molecular complexity index is 928. The fourth-order valence-electron chi connectivity index (χ4n) is 2.61. The van der Waals surface area contributed by atoms with Gasteiger partial charge in [-0.2, -0.15) is 0 Å². The second-order valence-corrected chi connectivity index (χ2v) is 7.47. The number of aliphatic hydroxyl groups is 1. The topological polar surface area (TPSA) is 105 Å². The third-order valence-corrected chi connectivity index (χ3v) is 4.96. The van der Waals surface area contributed by atoms with Crippen molar-refractivity contribution >= 4 is 17.4 Å². The largest absolute Gasteiger partial charge is 0.385 e. The van der Waals surface area contributed by atoms with E-state index in [0.717, 1.165) is 21.3 Å². The number of imidazole rings is 1. The summed E-state index contributed by atoms with van der Waals surface area (Å²) in [6, 6.07) is 12.0. The predicted octanol–water partition coefficient (Wildman–Crippen LogP) is 4.26. The van der Waals surface area contributed by atoms with Gasteiger partial charge < -0.3 is 10.1 Å². The van der Waals surface area contributed by atoms with Crippen molar-refractivity contribution in [1.82, 2.24) is 15.0 Å². The van der Waals surface area contributed by atoms with Crippen molar-refractivity contribution in [2.24, 2.45) is 0 Å². The average Bonchev–Trinajstić information content (AvgIpc) is 3.07. The second kappa shape index (κ2) is 8.32. The molecule has 0 aliphatic carbocycles. The Morgan fingerprint density at radius 2 is 2.07 bits per heavy atom. The fraction of sp³-hybridized carbons (Fsp3) is 0.263. The lowest BCUT2D eigenvalue weighted by Crippen LogP contribution is -2.05. The van der Waals surface area contributed by atoms with Crippen molar-refractivity contribution in [2.45, 2.75) is 42.2 Å². The maximum atomic E-state index is 11.0. The molecule has 0 radical (unpaired) electrons. The number of nitro benzene ring substituents is 1. The smallest absolute Gasteiger partial charge is 0.270 e. The van der Waals surface area contributed by atoms with Crippen LogP contribution in [0.5, 0.6) is 0 Å². The highest BCUT2D eigenvalue weighted by Gasteiger charge is 2.20. The van der Waals surface area contributed by atoms with E-state index in [2.05, 4.69) is 15.0 Å². The summed E-state index contributed by atoms with van der Waals surface area (Å²) < 4.78 is 0. The summed E-state index contributed by atoms with van der Waals surface area (Å²) in [5.41, 5.74) is 1.64. The molecule has 2 heterocycles. The molecule has 3 aromatic rings. The number of nitrogens with one attached hydrogen (secondary N) is 1. The van der Waals surface area contributed by atoms with E-state index in [9.17, 15) is 15.2 Å². The van der Waals surface area contributed by atoms with Gasteiger partial charge in [0.1, 0.15) is 17.0 Å². The van der Waals surface area contributed by atoms with Crippen molar-refractivity contribution in [2.75, 3.05) is 0 Å². The van der Waals surface area contributed by atoms with Crippen LogP contribution in [0.1, 0.15) is 43.1 Å². The summed E-state index contributed by atoms with van der Waals surface area (Å²) >= 11 is 1.37. The number of hydrogen-bond acceptors (Lipinski definition) is 6. The molecule has 140 valence electrons. The van der Waals surface area contributed by atoms with E-state index < -0.39 is 11.0 Å². The van der Waals surface area contributed by atoms with Crippen LogP contribution in [-0.2, 0) is 6.42 Å². The molecule has 2 aromatic heterocycles. The molecule has 2 N–H and O–H groups in total. The molecule has 27 heavy (non-hydrogen) atoms. The lowest BCUT2D eigenvalue weighted by molar-refractivity contribution is -0.385. The van der Waals surface area contributed by atoms with Gasteiger partial charge in [-0.3, -0.25) is 15.1 Å². The number of non-ortho nitro benzene ring substituents is 1. The third-order valence-electron chi connectivity index (χ3n) is 3.95. The quantitative estimate of drug-likeness (QED) is 0.466. The lowest BCUT2D eigenvalue weighted by atomic mass is 10.1. The van der Waals surface area contributed by atoms with Crippen LogP contribution in [0.3, 0.4) is 0 Å². The van der Waals surface area contributed by atoms with Crippen molar-refractivity contribution in [3.05, 3.63) is 76.0 Å². The van der Waals surface area contributed by atoms with Gasteiger partial charge >= 0.3 is 0 Å². The van der Waals surface area contributed by atoms with Gasteiger partial charge in [-0.25, -0.2) is 4.98 Å². The van der Waals surface area contributed by atoms with Crippen LogP contribution in [0.25, 0.3) is 0 Å². The summed E-state index contributed by atoms with van der Waals surface area (Å²) in [5, 5.41) is 22.3. The molecule has 8 heteroatoms. The summed E-state index contributed by atoms with van der Waals surface area (Å²) in [6.45, 7) is 4.03. The van der Waals surface area contributed by atoms with Crippen LogP contribution in [0, 0.1) is 10.1 Å². The van der Waals surface area contributed by atoms with Crippen molar-refractivity contribution in [3.8, 4) is 0 Å². The normalized spacial score (nSPS) is 12.3. The molecule has 0 fully saturated rings. The number of H-pyrrole nitrogens is 1. The summed E-state index contributed by atoms with van der Waals surface area (Å²) in [6.07, 6.45) is 1.23. The van der Waals surface area contributed by atoms with Crippen molar-refractivity contribution in [1.29, 1.82) is 0 Å². The zero-order valence-electron chi connectivity index (χ0n) is 15.0. The van der Waals surface area contributed by atoms with Gasteiger partial charge in [0, 0.05) is 35.3 Å². The number of hydrogen-bond donors (Lipinski definition) is 2. The molecule has 0 bridgehead atoms. The molecule has 0 saturated heterocycles. The maximum Gasteiger partial charge on any atom is 0.270 e. The van der Waals surface area contributed by atoms with Crippen molar-refractivity contribution in [3.63, 3.8) is 0 Å². The van der Waals surface area contributed by atoms with Gasteiger partial charge in [-0.1, -0.05) is 37.7 Å². The molecular weight excluding hydrogens is 364 g/mol. The molecular formula is C19H20N4O3S. The molecule has 3 rings (SSSR count). The summed E-state index contributed by atoms with van der Waals surface area (Å²) in [7, 11) is 0. The first-order valence-corrected chi connectivity index (χ1v) is 9.35. The maximum absolute atomic E-state index is 11.0. The van der Waals surface area contributed by atoms with Gasteiger partial charge in [-0.15, -0.1) is 0 Å². The number of aromatic nitrogens is 3. The second-order valence-electron chi connectivity index (χ2n) is 6.39. The molecule has 0 aliphatic heterocycles. The van der Waals surface area contributed by atoms with Gasteiger partial charge in [0.25, 0.3) is 5.69 Å². The minimum atomic E-state index is -0.808. The van der Waals surface area contributed by atoms with Crippen LogP contribution in [0.15, 0.2) is 58.6 Å². The first-order chi connectivity index (χ1) is 12.9. The van der Waals surface area contributed by atoms with Crippen molar-refractivity contribution < 1.29 is 10.0 Å². The predicted molar refractivity (Wildman–Crippen MR) is 103 cm³/mol. The van der Waals surface area contributed by atoms with E-state index >= 15 is 0 Å². The average molecular weight is 384 g/mol. The Kier molecular flexibility index (Phi) is 5.88. The molecule has 0 aliphatic rings. The van der Waals surface area contributed by atoms with Crippen LogP contribution in [-0.4, -0.2) is 25.0 Å². The van der Waals surface area contributed by atoms with E-state index in [1.807, 2.05) is 38.1 Å². The van der Waals surface area contributed by atoms with E-state index in [1.54, 1.807) is 12.3 Å². The minimum Gasteiger partial charge on any atom is -0.385 e. The SMILES string of the molecule is CC(C)c1nc(C(O)Cc2ccccn2)[nH]c1Sc1cccc([N+](=O)[O-])c1. The zero-order chi connectivity index (χ0) is 19.4. The van der Waals surface area contributed by atoms with Gasteiger partial charge in [0.2, 0.25) is 0 Å². The highest BCUT2D eigenvalue weighted by Crippen LogP contribution is 2.35. The summed E-state index contributed by atoms with van der Waals surface area (Å²) in [5.74, 6) is 0.607. The van der Waals surface area contributed by atoms with Crippen LogP contribution < -0.4 is 0 Å². The monoisotopic (exact) mass is 384 g/mol. The van der Waals surface area contributed by atoms with Gasteiger partial charge in [0.05, 0.1) is 10.6 Å². The molecule has 1 unspecified atom stereocenters. The molecule has 0 amide bonds. The number of aliphatic hydroxyl groups excluding tert-OH is 1. The highest BCUT2D eigenvalue weighted by atomic mass is 32.2. The number of benzene rings is 1. The van der Waals surface area contributed by atoms with Gasteiger partial charge in [-0.05, 0) is 24.1 Å². The van der Waals surface area contributed by atoms with E-state index in [1.165, 1.54) is 23.9 Å². The van der Waals surface area contributed by atoms with Crippen LogP contribution >= 0.6 is 11.8 Å². The summed E-state index contributed by atoms with van der Waals surface area (Å²) in [4.78, 5) is 23.3. The Morgan fingerprint density at radius 3 is 2.74 bits per heavy atom. The lowest BCUT2D eigenvalue weighted by Gasteiger charge is -2.06. The number of aromatic amines is 1. The van der Waals surface area contributed by atoms with E-state index in [0.29, 0.717) is 12.2 Å². The van der Waals surface area contributed by atoms with Crippen LogP contribution in [0.2, 0.25) is 0 Å². The molecule has 1 atom stereocenters. The van der Waals surface area contributed by atoms with Gasteiger partial charge in [0.15, 0.2) is 0 Å². The fourth-order valence-corrected chi connectivity index (χ4v) is 3.71. The van der Waals surface area contributed by atoms with E-state index in [4.69, 9.17) is 0 Å². The molecule has 1 aromatic carbocycles. The van der Waals surface area contributed by atoms with E-state index in [-0.39, 0.29) is 11.6 Å². The highest BCUT2D eigenvalue weighted by molar-refractivity contribution is 7.99.